The standard InChI is InChI=1S/C15H22N2O5S2/c1-8-9(2)23-11-10(8)24(20,21)17(13(19)16-11)15(6,7)12(18)22-14(3,4)5/h1-7H3,(H,16,19). The summed E-state index contributed by atoms with van der Waals surface area (Å²) in [4.78, 5) is 25.8. The van der Waals surface area contributed by atoms with E-state index in [0.717, 1.165) is 4.88 Å². The average molecular weight is 374 g/mol. The number of hydrogen-bond donors (Lipinski definition) is 1. The van der Waals surface area contributed by atoms with Crippen LogP contribution in [0.2, 0.25) is 0 Å². The van der Waals surface area contributed by atoms with Crippen LogP contribution in [0.1, 0.15) is 45.1 Å². The highest BCUT2D eigenvalue weighted by molar-refractivity contribution is 7.90. The van der Waals surface area contributed by atoms with Crippen molar-refractivity contribution >= 4 is 38.4 Å². The lowest BCUT2D eigenvalue weighted by Crippen LogP contribution is -2.59. The molecule has 0 spiro atoms. The molecule has 0 fully saturated rings. The van der Waals surface area contributed by atoms with E-state index in [-0.39, 0.29) is 9.90 Å². The number of amides is 2. The molecule has 134 valence electrons. The van der Waals surface area contributed by atoms with Crippen molar-refractivity contribution in [1.29, 1.82) is 0 Å². The maximum absolute atomic E-state index is 13.0. The Morgan fingerprint density at radius 1 is 1.17 bits per heavy atom. The van der Waals surface area contributed by atoms with Crippen LogP contribution in [0, 0.1) is 13.8 Å². The van der Waals surface area contributed by atoms with E-state index < -0.39 is 33.2 Å². The summed E-state index contributed by atoms with van der Waals surface area (Å²) in [7, 11) is -4.17. The average Bonchev–Trinajstić information content (AvgIpc) is 2.61. The second kappa shape index (κ2) is 5.45. The summed E-state index contributed by atoms with van der Waals surface area (Å²) in [5.41, 5.74) is -1.92. The van der Waals surface area contributed by atoms with Crippen LogP contribution in [0.3, 0.4) is 0 Å². The third-order valence-corrected chi connectivity index (χ3v) is 7.02. The number of carbonyl (C=O) groups excluding carboxylic acids is 2. The molecule has 1 aromatic heterocycles. The lowest BCUT2D eigenvalue weighted by molar-refractivity contribution is -0.163. The molecule has 2 heterocycles. The second-order valence-corrected chi connectivity index (χ2v) is 10.2. The molecule has 0 atom stereocenters. The van der Waals surface area contributed by atoms with E-state index >= 15 is 0 Å². The summed E-state index contributed by atoms with van der Waals surface area (Å²) in [5.74, 6) is -0.790. The molecule has 1 aliphatic heterocycles. The number of carbonyl (C=O) groups is 2. The molecule has 7 nitrogen and oxygen atoms in total. The normalized spacial score (nSPS) is 17.3. The van der Waals surface area contributed by atoms with Gasteiger partial charge in [0, 0.05) is 4.88 Å². The zero-order chi connectivity index (χ0) is 18.7. The summed E-state index contributed by atoms with van der Waals surface area (Å²) >= 11 is 1.20. The molecule has 0 bridgehead atoms. The lowest BCUT2D eigenvalue weighted by atomic mass is 10.1. The maximum Gasteiger partial charge on any atom is 0.337 e. The summed E-state index contributed by atoms with van der Waals surface area (Å²) in [5, 5.41) is 2.85. The number of ether oxygens (including phenoxy) is 1. The van der Waals surface area contributed by atoms with Crippen LogP contribution < -0.4 is 5.32 Å². The number of anilines is 1. The van der Waals surface area contributed by atoms with Gasteiger partial charge in [0.1, 0.15) is 15.5 Å². The van der Waals surface area contributed by atoms with Gasteiger partial charge in [-0.1, -0.05) is 0 Å². The summed E-state index contributed by atoms with van der Waals surface area (Å²) in [6.45, 7) is 11.2. The first-order valence-electron chi connectivity index (χ1n) is 7.39. The van der Waals surface area contributed by atoms with Crippen molar-refractivity contribution in [3.63, 3.8) is 0 Å². The fourth-order valence-electron chi connectivity index (χ4n) is 2.39. The Morgan fingerprint density at radius 3 is 2.21 bits per heavy atom. The Kier molecular flexibility index (Phi) is 4.25. The van der Waals surface area contributed by atoms with Gasteiger partial charge in [-0.05, 0) is 54.0 Å². The van der Waals surface area contributed by atoms with Gasteiger partial charge in [0.2, 0.25) is 0 Å². The van der Waals surface area contributed by atoms with Crippen molar-refractivity contribution < 1.29 is 22.7 Å². The quantitative estimate of drug-likeness (QED) is 0.803. The molecule has 0 radical (unpaired) electrons. The minimum atomic E-state index is -4.17. The first kappa shape index (κ1) is 18.7. The van der Waals surface area contributed by atoms with Gasteiger partial charge in [-0.2, -0.15) is 4.31 Å². The Hall–Kier alpha value is -1.61. The Labute approximate surface area is 146 Å². The molecular formula is C15H22N2O5S2. The van der Waals surface area contributed by atoms with Gasteiger partial charge in [0.05, 0.1) is 0 Å². The molecule has 2 amide bonds. The third-order valence-electron chi connectivity index (χ3n) is 3.64. The lowest BCUT2D eigenvalue weighted by Gasteiger charge is -2.38. The predicted molar refractivity (Wildman–Crippen MR) is 91.8 cm³/mol. The van der Waals surface area contributed by atoms with Crippen LogP contribution in [-0.4, -0.2) is 35.9 Å². The zero-order valence-corrected chi connectivity index (χ0v) is 16.4. The predicted octanol–water partition coefficient (Wildman–Crippen LogP) is 3.02. The number of hydrogen-bond acceptors (Lipinski definition) is 6. The molecule has 1 aliphatic rings. The van der Waals surface area contributed by atoms with Crippen LogP contribution in [-0.2, 0) is 19.6 Å². The van der Waals surface area contributed by atoms with E-state index in [2.05, 4.69) is 5.32 Å². The molecule has 2 rings (SSSR count). The number of rotatable bonds is 2. The van der Waals surface area contributed by atoms with E-state index in [1.165, 1.54) is 25.2 Å². The summed E-state index contributed by atoms with van der Waals surface area (Å²) in [6.07, 6.45) is 0. The third kappa shape index (κ3) is 2.90. The molecular weight excluding hydrogens is 352 g/mol. The van der Waals surface area contributed by atoms with Gasteiger partial charge in [-0.25, -0.2) is 18.0 Å². The molecule has 1 N–H and O–H groups in total. The van der Waals surface area contributed by atoms with Crippen molar-refractivity contribution in [3.05, 3.63) is 10.4 Å². The number of nitrogens with zero attached hydrogens (tertiary/aromatic N) is 1. The molecule has 9 heteroatoms. The van der Waals surface area contributed by atoms with Crippen molar-refractivity contribution in [2.24, 2.45) is 0 Å². The van der Waals surface area contributed by atoms with Gasteiger partial charge < -0.3 is 4.74 Å². The summed E-state index contributed by atoms with van der Waals surface area (Å²) < 4.78 is 31.9. The molecule has 0 saturated carbocycles. The van der Waals surface area contributed by atoms with Gasteiger partial charge in [0.25, 0.3) is 10.0 Å². The van der Waals surface area contributed by atoms with Crippen LogP contribution in [0.15, 0.2) is 4.90 Å². The minimum Gasteiger partial charge on any atom is -0.458 e. The molecule has 0 aromatic carbocycles. The monoisotopic (exact) mass is 374 g/mol. The van der Waals surface area contributed by atoms with E-state index in [4.69, 9.17) is 4.74 Å². The first-order valence-corrected chi connectivity index (χ1v) is 9.65. The van der Waals surface area contributed by atoms with Crippen LogP contribution in [0.25, 0.3) is 0 Å². The first-order chi connectivity index (χ1) is 10.7. The van der Waals surface area contributed by atoms with E-state index in [1.54, 1.807) is 34.6 Å². The fraction of sp³-hybridized carbons (Fsp3) is 0.600. The highest BCUT2D eigenvalue weighted by Gasteiger charge is 2.52. The molecule has 0 saturated heterocycles. The smallest absolute Gasteiger partial charge is 0.337 e. The molecule has 0 aliphatic carbocycles. The minimum absolute atomic E-state index is 0.0428. The zero-order valence-electron chi connectivity index (χ0n) is 14.8. The van der Waals surface area contributed by atoms with Gasteiger partial charge in [-0.3, -0.25) is 5.32 Å². The van der Waals surface area contributed by atoms with Gasteiger partial charge in [-0.15, -0.1) is 11.3 Å². The van der Waals surface area contributed by atoms with E-state index in [0.29, 0.717) is 9.87 Å². The number of urea groups is 1. The van der Waals surface area contributed by atoms with Crippen molar-refractivity contribution in [3.8, 4) is 0 Å². The number of nitrogens with one attached hydrogen (secondary N) is 1. The Balaban J connectivity index is 2.56. The SMILES string of the molecule is Cc1sc2c(c1C)S(=O)(=O)N(C(C)(C)C(=O)OC(C)(C)C)C(=O)N2. The number of sulfonamides is 1. The van der Waals surface area contributed by atoms with Crippen molar-refractivity contribution in [1.82, 2.24) is 4.31 Å². The number of aryl methyl sites for hydroxylation is 1. The molecule has 1 aromatic rings. The molecule has 24 heavy (non-hydrogen) atoms. The van der Waals surface area contributed by atoms with Gasteiger partial charge in [0.15, 0.2) is 5.54 Å². The number of thiophene rings is 1. The fourth-order valence-corrected chi connectivity index (χ4v) is 5.79. The van der Waals surface area contributed by atoms with E-state index in [9.17, 15) is 18.0 Å². The van der Waals surface area contributed by atoms with Crippen LogP contribution in [0.5, 0.6) is 0 Å². The second-order valence-electron chi connectivity index (χ2n) is 7.20. The van der Waals surface area contributed by atoms with Crippen molar-refractivity contribution in [2.75, 3.05) is 5.32 Å². The highest BCUT2D eigenvalue weighted by atomic mass is 32.2. The Bertz CT molecular complexity index is 816. The van der Waals surface area contributed by atoms with Crippen LogP contribution >= 0.6 is 11.3 Å². The largest absolute Gasteiger partial charge is 0.458 e. The topological polar surface area (TPSA) is 92.8 Å². The van der Waals surface area contributed by atoms with Crippen molar-refractivity contribution in [2.45, 2.75) is 64.5 Å². The number of fused-ring (bicyclic) bond motifs is 1. The molecule has 0 unspecified atom stereocenters. The Morgan fingerprint density at radius 2 is 1.71 bits per heavy atom. The van der Waals surface area contributed by atoms with Gasteiger partial charge >= 0.3 is 12.0 Å². The maximum atomic E-state index is 13.0. The number of esters is 1. The highest BCUT2D eigenvalue weighted by Crippen LogP contribution is 2.43. The van der Waals surface area contributed by atoms with Crippen LogP contribution in [0.4, 0.5) is 9.80 Å². The van der Waals surface area contributed by atoms with E-state index in [1.807, 2.05) is 0 Å². The summed E-state index contributed by atoms with van der Waals surface area (Å²) in [6, 6.07) is -0.861.